The highest BCUT2D eigenvalue weighted by Crippen LogP contribution is 2.23. The van der Waals surface area contributed by atoms with Gasteiger partial charge in [0, 0.05) is 18.5 Å². The lowest BCUT2D eigenvalue weighted by Crippen LogP contribution is -2.12. The van der Waals surface area contributed by atoms with Crippen molar-refractivity contribution in [1.82, 2.24) is 10.2 Å². The van der Waals surface area contributed by atoms with Crippen LogP contribution >= 0.6 is 11.3 Å². The summed E-state index contributed by atoms with van der Waals surface area (Å²) < 4.78 is 10.6. The second-order valence-corrected chi connectivity index (χ2v) is 5.70. The molecule has 0 aliphatic carbocycles. The largest absolute Gasteiger partial charge is 0.497 e. The van der Waals surface area contributed by atoms with Crippen LogP contribution in [0, 0.1) is 0 Å². The van der Waals surface area contributed by atoms with Gasteiger partial charge in [0.15, 0.2) is 0 Å². The quantitative estimate of drug-likeness (QED) is 0.750. The second-order valence-electron chi connectivity index (χ2n) is 4.75. The van der Waals surface area contributed by atoms with Crippen molar-refractivity contribution in [3.63, 3.8) is 0 Å². The molecule has 6 nitrogen and oxygen atoms in total. The number of hydrogen-bond acceptors (Lipinski definition) is 6. The van der Waals surface area contributed by atoms with Crippen LogP contribution in [-0.4, -0.2) is 23.2 Å². The molecular formula is C16H15N3O3S. The fraction of sp³-hybridized carbons (Fsp3) is 0.188. The van der Waals surface area contributed by atoms with E-state index in [0.29, 0.717) is 18.2 Å². The van der Waals surface area contributed by atoms with Crippen molar-refractivity contribution >= 4 is 22.9 Å². The molecule has 0 bridgehead atoms. The zero-order chi connectivity index (χ0) is 16.1. The predicted molar refractivity (Wildman–Crippen MR) is 87.6 cm³/mol. The molecule has 0 aliphatic heterocycles. The maximum absolute atomic E-state index is 11.9. The third-order valence-electron chi connectivity index (χ3n) is 3.14. The fourth-order valence-electron chi connectivity index (χ4n) is 1.97. The van der Waals surface area contributed by atoms with Crippen molar-refractivity contribution < 1.29 is 13.9 Å². The number of carbonyl (C=O) groups excluding carboxylic acids is 1. The summed E-state index contributed by atoms with van der Waals surface area (Å²) in [6.45, 7) is 0. The molecule has 1 N–H and O–H groups in total. The van der Waals surface area contributed by atoms with Gasteiger partial charge >= 0.3 is 0 Å². The fourth-order valence-corrected chi connectivity index (χ4v) is 2.62. The molecule has 0 spiro atoms. The van der Waals surface area contributed by atoms with Crippen LogP contribution in [0.4, 0.5) is 5.69 Å². The molecule has 7 heteroatoms. The summed E-state index contributed by atoms with van der Waals surface area (Å²) in [7, 11) is 1.60. The Bertz CT molecular complexity index is 766. The van der Waals surface area contributed by atoms with Crippen molar-refractivity contribution in [1.29, 1.82) is 0 Å². The first-order valence-corrected chi connectivity index (χ1v) is 7.93. The van der Waals surface area contributed by atoms with Gasteiger partial charge in [-0.05, 0) is 35.7 Å². The molecule has 0 radical (unpaired) electrons. The molecule has 0 saturated carbocycles. The number of anilines is 1. The maximum atomic E-state index is 11.9. The topological polar surface area (TPSA) is 77.2 Å². The molecule has 0 fully saturated rings. The van der Waals surface area contributed by atoms with Gasteiger partial charge in [0.25, 0.3) is 5.89 Å². The summed E-state index contributed by atoms with van der Waals surface area (Å²) in [6.07, 6.45) is 0.679. The van der Waals surface area contributed by atoms with E-state index in [4.69, 9.17) is 9.15 Å². The van der Waals surface area contributed by atoms with Gasteiger partial charge in [0.05, 0.1) is 12.0 Å². The summed E-state index contributed by atoms with van der Waals surface area (Å²) in [5, 5.41) is 12.7. The Hall–Kier alpha value is -2.67. The Morgan fingerprint density at radius 1 is 1.26 bits per heavy atom. The van der Waals surface area contributed by atoms with Gasteiger partial charge in [-0.2, -0.15) is 0 Å². The number of rotatable bonds is 6. The zero-order valence-corrected chi connectivity index (χ0v) is 13.3. The molecule has 2 heterocycles. The van der Waals surface area contributed by atoms with Crippen molar-refractivity contribution in [2.24, 2.45) is 0 Å². The molecule has 1 amide bonds. The van der Waals surface area contributed by atoms with Crippen LogP contribution in [-0.2, 0) is 11.2 Å². The number of nitrogens with zero attached hydrogens (tertiary/aromatic N) is 2. The molecular weight excluding hydrogens is 314 g/mol. The highest BCUT2D eigenvalue weighted by molar-refractivity contribution is 7.13. The number of hydrogen-bond donors (Lipinski definition) is 1. The normalized spacial score (nSPS) is 10.5. The van der Waals surface area contributed by atoms with Crippen LogP contribution in [0.1, 0.15) is 12.3 Å². The average molecular weight is 329 g/mol. The van der Waals surface area contributed by atoms with E-state index in [0.717, 1.165) is 16.3 Å². The number of aryl methyl sites for hydroxylation is 1. The summed E-state index contributed by atoms with van der Waals surface area (Å²) in [4.78, 5) is 12.9. The number of methoxy groups -OCH3 is 1. The number of benzene rings is 1. The molecule has 23 heavy (non-hydrogen) atoms. The van der Waals surface area contributed by atoms with Crippen LogP contribution in [0.3, 0.4) is 0 Å². The molecule has 2 aromatic heterocycles. The van der Waals surface area contributed by atoms with Crippen LogP contribution in [0.5, 0.6) is 5.75 Å². The molecule has 0 unspecified atom stereocenters. The van der Waals surface area contributed by atoms with E-state index in [1.54, 1.807) is 31.4 Å². The first-order valence-electron chi connectivity index (χ1n) is 7.05. The highest BCUT2D eigenvalue weighted by atomic mass is 32.1. The standard InChI is InChI=1S/C16H15N3O3S/c1-21-12-6-4-11(5-7-12)17-14(20)8-9-15-18-19-16(22-15)13-3-2-10-23-13/h2-7,10H,8-9H2,1H3,(H,17,20). The van der Waals surface area contributed by atoms with Crippen molar-refractivity contribution in [3.8, 4) is 16.5 Å². The maximum Gasteiger partial charge on any atom is 0.257 e. The monoisotopic (exact) mass is 329 g/mol. The number of nitrogens with one attached hydrogen (secondary N) is 1. The Morgan fingerprint density at radius 2 is 2.09 bits per heavy atom. The minimum absolute atomic E-state index is 0.106. The van der Waals surface area contributed by atoms with Crippen LogP contribution in [0.2, 0.25) is 0 Å². The smallest absolute Gasteiger partial charge is 0.257 e. The molecule has 1 aromatic carbocycles. The lowest BCUT2D eigenvalue weighted by Gasteiger charge is -2.05. The van der Waals surface area contributed by atoms with E-state index in [9.17, 15) is 4.79 Å². The number of ether oxygens (including phenoxy) is 1. The van der Waals surface area contributed by atoms with Gasteiger partial charge in [0.2, 0.25) is 11.8 Å². The summed E-state index contributed by atoms with van der Waals surface area (Å²) in [5.74, 6) is 1.59. The van der Waals surface area contributed by atoms with Gasteiger partial charge in [-0.25, -0.2) is 0 Å². The minimum atomic E-state index is -0.106. The third kappa shape index (κ3) is 3.95. The van der Waals surface area contributed by atoms with E-state index in [-0.39, 0.29) is 12.3 Å². The average Bonchev–Trinajstić information content (AvgIpc) is 3.25. The Morgan fingerprint density at radius 3 is 2.78 bits per heavy atom. The molecule has 0 atom stereocenters. The third-order valence-corrected chi connectivity index (χ3v) is 4.00. The SMILES string of the molecule is COc1ccc(NC(=O)CCc2nnc(-c3cccs3)o2)cc1. The second kappa shape index (κ2) is 7.06. The molecule has 0 aliphatic rings. The zero-order valence-electron chi connectivity index (χ0n) is 12.5. The molecule has 118 valence electrons. The Kier molecular flexibility index (Phi) is 4.68. The number of aromatic nitrogens is 2. The first kappa shape index (κ1) is 15.2. The van der Waals surface area contributed by atoms with E-state index in [2.05, 4.69) is 15.5 Å². The highest BCUT2D eigenvalue weighted by Gasteiger charge is 2.11. The van der Waals surface area contributed by atoms with E-state index < -0.39 is 0 Å². The molecule has 0 saturated heterocycles. The van der Waals surface area contributed by atoms with Gasteiger partial charge in [-0.15, -0.1) is 21.5 Å². The van der Waals surface area contributed by atoms with Gasteiger partial charge in [0.1, 0.15) is 5.75 Å². The van der Waals surface area contributed by atoms with Crippen LogP contribution < -0.4 is 10.1 Å². The van der Waals surface area contributed by atoms with Crippen molar-refractivity contribution in [2.45, 2.75) is 12.8 Å². The summed E-state index contributed by atoms with van der Waals surface area (Å²) in [6, 6.07) is 11.0. The number of amides is 1. The number of carbonyl (C=O) groups is 1. The first-order chi connectivity index (χ1) is 11.2. The lowest BCUT2D eigenvalue weighted by molar-refractivity contribution is -0.116. The number of thiophene rings is 1. The van der Waals surface area contributed by atoms with Gasteiger partial charge < -0.3 is 14.5 Å². The molecule has 3 rings (SSSR count). The minimum Gasteiger partial charge on any atom is -0.497 e. The van der Waals surface area contributed by atoms with E-state index >= 15 is 0 Å². The Balaban J connectivity index is 1.52. The van der Waals surface area contributed by atoms with Crippen molar-refractivity contribution in [3.05, 3.63) is 47.7 Å². The lowest BCUT2D eigenvalue weighted by atomic mass is 10.2. The van der Waals surface area contributed by atoms with Crippen LogP contribution in [0.15, 0.2) is 46.2 Å². The van der Waals surface area contributed by atoms with Gasteiger partial charge in [-0.3, -0.25) is 4.79 Å². The van der Waals surface area contributed by atoms with E-state index in [1.165, 1.54) is 11.3 Å². The molecule has 3 aromatic rings. The van der Waals surface area contributed by atoms with E-state index in [1.807, 2.05) is 17.5 Å². The summed E-state index contributed by atoms with van der Waals surface area (Å²) in [5.41, 5.74) is 0.723. The predicted octanol–water partition coefficient (Wildman–Crippen LogP) is 3.38. The van der Waals surface area contributed by atoms with Gasteiger partial charge in [-0.1, -0.05) is 6.07 Å². The van der Waals surface area contributed by atoms with Crippen LogP contribution in [0.25, 0.3) is 10.8 Å². The Labute approximate surface area is 137 Å². The summed E-state index contributed by atoms with van der Waals surface area (Å²) >= 11 is 1.53. The van der Waals surface area contributed by atoms with Crippen molar-refractivity contribution in [2.75, 3.05) is 12.4 Å².